The van der Waals surface area contributed by atoms with Gasteiger partial charge in [-0.1, -0.05) is 6.92 Å². The van der Waals surface area contributed by atoms with Gasteiger partial charge in [-0.2, -0.15) is 0 Å². The van der Waals surface area contributed by atoms with Crippen molar-refractivity contribution in [1.29, 1.82) is 0 Å². The quantitative estimate of drug-likeness (QED) is 0.284. The molecule has 3 aliphatic rings. The summed E-state index contributed by atoms with van der Waals surface area (Å²) in [7, 11) is 1.28. The fourth-order valence-electron chi connectivity index (χ4n) is 5.92. The molecule has 3 fully saturated rings. The summed E-state index contributed by atoms with van der Waals surface area (Å²) in [5.74, 6) is -12.6. The molecule has 19 heteroatoms. The fraction of sp³-hybridized carbons (Fsp3) is 0.833. The van der Waals surface area contributed by atoms with Crippen molar-refractivity contribution < 1.29 is 42.6 Å². The number of halogens is 10. The van der Waals surface area contributed by atoms with E-state index in [0.717, 1.165) is 18.7 Å². The van der Waals surface area contributed by atoms with Gasteiger partial charge in [0.1, 0.15) is 18.5 Å². The van der Waals surface area contributed by atoms with Crippen LogP contribution in [0.4, 0.5) is 13.2 Å². The molecule has 3 saturated carbocycles. The van der Waals surface area contributed by atoms with Crippen molar-refractivity contribution in [1.82, 2.24) is 10.6 Å². The molecule has 0 aliphatic heterocycles. The van der Waals surface area contributed by atoms with E-state index in [1.807, 2.05) is 0 Å². The van der Waals surface area contributed by atoms with Crippen LogP contribution in [0.15, 0.2) is 0 Å². The van der Waals surface area contributed by atoms with Crippen LogP contribution in [-0.2, 0) is 19.2 Å². The Hall–Kier alpha value is 0.0500. The van der Waals surface area contributed by atoms with Crippen LogP contribution in [0.1, 0.15) is 6.92 Å². The Balaban J connectivity index is 1.95. The number of carbonyl (C=O) groups excluding carboxylic acids is 2. The summed E-state index contributed by atoms with van der Waals surface area (Å²) in [6.07, 6.45) is -6.60. The zero-order valence-corrected chi connectivity index (χ0v) is 28.2. The molecule has 0 radical (unpaired) electrons. The van der Waals surface area contributed by atoms with E-state index in [9.17, 15) is 42.6 Å². The second kappa shape index (κ2) is 14.9. The summed E-state index contributed by atoms with van der Waals surface area (Å²) in [6.45, 7) is 1.15. The van der Waals surface area contributed by atoms with E-state index in [0.29, 0.717) is 0 Å². The van der Waals surface area contributed by atoms with Gasteiger partial charge in [-0.25, -0.2) is 13.2 Å². The normalized spacial score (nSPS) is 48.7. The second-order valence-electron chi connectivity index (χ2n) is 10.8. The maximum Gasteiger partial charge on any atom is 0.308 e. The molecule has 43 heavy (non-hydrogen) atoms. The lowest BCUT2D eigenvalue weighted by Crippen LogP contribution is -2.64. The van der Waals surface area contributed by atoms with E-state index >= 15 is 0 Å². The number of nitrogens with one attached hydrogen (secondary N) is 2. The number of thioether (sulfide) groups is 1. The smallest absolute Gasteiger partial charge is 0.308 e. The maximum absolute atomic E-state index is 15.0. The average molecular weight is 778 g/mol. The lowest BCUT2D eigenvalue weighted by Gasteiger charge is -2.48. The first-order valence-electron chi connectivity index (χ1n) is 12.9. The van der Waals surface area contributed by atoms with Crippen molar-refractivity contribution >= 4 is 117 Å². The molecule has 0 aromatic rings. The third-order valence-electron chi connectivity index (χ3n) is 8.35. The van der Waals surface area contributed by atoms with E-state index < -0.39 is 126 Å². The first-order chi connectivity index (χ1) is 19.9. The molecule has 0 spiro atoms. The predicted molar refractivity (Wildman–Crippen MR) is 162 cm³/mol. The van der Waals surface area contributed by atoms with Gasteiger partial charge in [0.05, 0.1) is 67.4 Å². The van der Waals surface area contributed by atoms with Crippen LogP contribution in [-0.4, -0.2) is 114 Å². The summed E-state index contributed by atoms with van der Waals surface area (Å²) < 4.78 is 44.2. The number of rotatable bonds is 7. The molecular formula is C24H28Cl7F3N2O6S. The van der Waals surface area contributed by atoms with Crippen molar-refractivity contribution in [3.05, 3.63) is 0 Å². The van der Waals surface area contributed by atoms with Crippen molar-refractivity contribution in [2.75, 3.05) is 7.05 Å². The van der Waals surface area contributed by atoms with Crippen LogP contribution in [0.3, 0.4) is 0 Å². The predicted octanol–water partition coefficient (Wildman–Crippen LogP) is 4.26. The number of aliphatic carboxylic acids is 2. The number of hydrogen-bond acceptors (Lipinski definition) is 5. The topological polar surface area (TPSA) is 133 Å². The highest BCUT2D eigenvalue weighted by molar-refractivity contribution is 8.01. The van der Waals surface area contributed by atoms with Crippen molar-refractivity contribution in [2.24, 2.45) is 29.6 Å². The minimum Gasteiger partial charge on any atom is -0.481 e. The third kappa shape index (κ3) is 7.02. The van der Waals surface area contributed by atoms with Crippen molar-refractivity contribution in [3.63, 3.8) is 0 Å². The molecule has 246 valence electrons. The molecule has 0 aromatic carbocycles. The van der Waals surface area contributed by atoms with Crippen LogP contribution < -0.4 is 10.6 Å². The highest BCUT2D eigenvalue weighted by Crippen LogP contribution is 2.51. The van der Waals surface area contributed by atoms with E-state index in [-0.39, 0.29) is 0 Å². The van der Waals surface area contributed by atoms with E-state index in [1.54, 1.807) is 0 Å². The summed E-state index contributed by atoms with van der Waals surface area (Å²) in [5, 5.41) is 12.3. The zero-order chi connectivity index (χ0) is 32.8. The standard InChI is InChI=1S/C24H28Cl7F3N2O6S/c1-3-15(32)14(31)17(34)18(16(3)33)36-22(38)5-7(24(41)42)9(26)13(30)20(11(5)28)43-19-10(27)4(21(37)35-2)6(23(39)40)8(25)12(19)29/h3-20H,1-2H3,(H,35,37)(H,36,38)(H,39,40)(H,41,42). The van der Waals surface area contributed by atoms with Crippen LogP contribution in [0.25, 0.3) is 0 Å². The number of carbonyl (C=O) groups is 4. The Morgan fingerprint density at radius 1 is 0.605 bits per heavy atom. The molecule has 3 aliphatic carbocycles. The molecule has 0 heterocycles. The number of carboxylic acids is 2. The van der Waals surface area contributed by atoms with Gasteiger partial charge in [0.15, 0.2) is 0 Å². The summed E-state index contributed by atoms with van der Waals surface area (Å²) in [5.41, 5.74) is 0. The number of alkyl halides is 10. The first-order valence-corrected chi connectivity index (χ1v) is 16.9. The Labute approximate surface area is 284 Å². The molecular weight excluding hydrogens is 750 g/mol. The van der Waals surface area contributed by atoms with Crippen molar-refractivity contribution in [3.8, 4) is 0 Å². The first kappa shape index (κ1) is 37.5. The number of amides is 2. The van der Waals surface area contributed by atoms with E-state index in [1.165, 1.54) is 7.05 Å². The number of hydrogen-bond donors (Lipinski definition) is 4. The molecule has 4 N–H and O–H groups in total. The average Bonchev–Trinajstić information content (AvgIpc) is 2.95. The van der Waals surface area contributed by atoms with Crippen molar-refractivity contribution in [2.45, 2.75) is 79.6 Å². The molecule has 8 nitrogen and oxygen atoms in total. The highest BCUT2D eigenvalue weighted by Gasteiger charge is 2.60. The van der Waals surface area contributed by atoms with Gasteiger partial charge >= 0.3 is 11.9 Å². The lowest BCUT2D eigenvalue weighted by molar-refractivity contribution is -0.149. The minimum atomic E-state index is -2.36. The Kier molecular flexibility index (Phi) is 13.0. The van der Waals surface area contributed by atoms with Gasteiger partial charge in [-0.3, -0.25) is 19.2 Å². The highest BCUT2D eigenvalue weighted by atomic mass is 35.5. The summed E-state index contributed by atoms with van der Waals surface area (Å²) in [4.78, 5) is 50.4. The van der Waals surface area contributed by atoms with E-state index in [2.05, 4.69) is 10.6 Å². The second-order valence-corrected chi connectivity index (χ2v) is 15.7. The fourth-order valence-corrected chi connectivity index (χ4v) is 11.3. The molecule has 18 unspecified atom stereocenters. The molecule has 0 bridgehead atoms. The maximum atomic E-state index is 15.0. The molecule has 18 atom stereocenters. The molecule has 0 aromatic heterocycles. The minimum absolute atomic E-state index is 0.726. The van der Waals surface area contributed by atoms with Crippen LogP contribution in [0, 0.1) is 29.6 Å². The van der Waals surface area contributed by atoms with Gasteiger partial charge in [0.25, 0.3) is 0 Å². The Bertz CT molecular complexity index is 1080. The van der Waals surface area contributed by atoms with Gasteiger partial charge in [-0.15, -0.1) is 93.0 Å². The van der Waals surface area contributed by atoms with Crippen LogP contribution in [0.2, 0.25) is 0 Å². The van der Waals surface area contributed by atoms with Crippen LogP contribution in [0.5, 0.6) is 0 Å². The SMILES string of the molecule is CNC(=O)C1C(Cl)C(SC2C(Cl)C(Cl)C(C(=O)O)C(C(=O)NC3C(F)C(C)C(F)C(Cl)C3F)C2Cl)C(Cl)C(Cl)C1C(=O)O. The number of carboxylic acid groups (broad SMARTS) is 2. The molecule has 3 rings (SSSR count). The summed E-state index contributed by atoms with van der Waals surface area (Å²) >= 11 is 46.0. The van der Waals surface area contributed by atoms with E-state index in [4.69, 9.17) is 81.2 Å². The molecule has 2 amide bonds. The largest absolute Gasteiger partial charge is 0.481 e. The van der Waals surface area contributed by atoms with Gasteiger partial charge in [-0.05, 0) is 0 Å². The summed E-state index contributed by atoms with van der Waals surface area (Å²) in [6, 6.07) is -1.92. The Morgan fingerprint density at radius 2 is 1.02 bits per heavy atom. The van der Waals surface area contributed by atoms with Gasteiger partial charge < -0.3 is 20.8 Å². The monoisotopic (exact) mass is 774 g/mol. The molecule has 0 saturated heterocycles. The Morgan fingerprint density at radius 3 is 1.42 bits per heavy atom. The van der Waals surface area contributed by atoms with Gasteiger partial charge in [0, 0.05) is 23.5 Å². The zero-order valence-electron chi connectivity index (χ0n) is 22.1. The lowest BCUT2D eigenvalue weighted by atomic mass is 9.76. The van der Waals surface area contributed by atoms with Crippen LogP contribution >= 0.6 is 93.0 Å². The third-order valence-corrected chi connectivity index (χ3v) is 14.8. The van der Waals surface area contributed by atoms with Gasteiger partial charge in [0.2, 0.25) is 11.8 Å².